The average Bonchev–Trinajstić information content (AvgIpc) is 2.40. The quantitative estimate of drug-likeness (QED) is 0.662. The molecule has 0 bridgehead atoms. The summed E-state index contributed by atoms with van der Waals surface area (Å²) in [6.07, 6.45) is 3.21. The van der Waals surface area contributed by atoms with Gasteiger partial charge in [0.1, 0.15) is 5.82 Å². The van der Waals surface area contributed by atoms with Gasteiger partial charge in [-0.2, -0.15) is 0 Å². The van der Waals surface area contributed by atoms with E-state index in [4.69, 9.17) is 5.73 Å². The molecule has 1 aromatic carbocycles. The fourth-order valence-corrected chi connectivity index (χ4v) is 3.27. The summed E-state index contributed by atoms with van der Waals surface area (Å²) in [5, 5.41) is 3.22. The SMILES string of the molecule is COC(=O)c1cc(NC2CC(C)CC(C)C2)c(F)cc1N. The maximum Gasteiger partial charge on any atom is 0.340 e. The van der Waals surface area contributed by atoms with Gasteiger partial charge in [-0.15, -0.1) is 0 Å². The highest BCUT2D eigenvalue weighted by Gasteiger charge is 2.25. The Morgan fingerprint density at radius 3 is 2.48 bits per heavy atom. The lowest BCUT2D eigenvalue weighted by Gasteiger charge is -2.32. The van der Waals surface area contributed by atoms with Gasteiger partial charge in [0.05, 0.1) is 18.4 Å². The second kappa shape index (κ2) is 6.33. The molecule has 4 nitrogen and oxygen atoms in total. The third-order valence-electron chi connectivity index (χ3n) is 4.08. The molecule has 2 atom stereocenters. The zero-order chi connectivity index (χ0) is 15.6. The number of anilines is 2. The van der Waals surface area contributed by atoms with Gasteiger partial charge < -0.3 is 15.8 Å². The zero-order valence-electron chi connectivity index (χ0n) is 12.8. The molecule has 1 saturated carbocycles. The Hall–Kier alpha value is -1.78. The van der Waals surface area contributed by atoms with Crippen LogP contribution in [0.2, 0.25) is 0 Å². The number of hydrogen-bond donors (Lipinski definition) is 2. The minimum Gasteiger partial charge on any atom is -0.465 e. The Kier molecular flexibility index (Phi) is 4.70. The maximum absolute atomic E-state index is 14.1. The van der Waals surface area contributed by atoms with E-state index in [1.807, 2.05) is 0 Å². The van der Waals surface area contributed by atoms with E-state index in [9.17, 15) is 9.18 Å². The van der Waals surface area contributed by atoms with E-state index in [1.54, 1.807) is 0 Å². The van der Waals surface area contributed by atoms with Crippen molar-refractivity contribution in [2.24, 2.45) is 11.8 Å². The lowest BCUT2D eigenvalue weighted by Crippen LogP contribution is -2.30. The van der Waals surface area contributed by atoms with Crippen molar-refractivity contribution in [3.05, 3.63) is 23.5 Å². The molecular weight excluding hydrogens is 271 g/mol. The molecule has 0 saturated heterocycles. The van der Waals surface area contributed by atoms with Crippen LogP contribution in [0.3, 0.4) is 0 Å². The standard InChI is InChI=1S/C16H23FN2O2/c1-9-4-10(2)6-11(5-9)19-15-7-12(16(20)21-3)14(18)8-13(15)17/h7-11,19H,4-6,18H2,1-3H3. The molecule has 0 aliphatic heterocycles. The van der Waals surface area contributed by atoms with Crippen LogP contribution >= 0.6 is 0 Å². The number of carbonyl (C=O) groups excluding carboxylic acids is 1. The van der Waals surface area contributed by atoms with Gasteiger partial charge in [0.2, 0.25) is 0 Å². The normalized spacial score (nSPS) is 25.4. The molecule has 1 aliphatic rings. The molecule has 1 aromatic rings. The van der Waals surface area contributed by atoms with Crippen LogP contribution in [-0.2, 0) is 4.74 Å². The van der Waals surface area contributed by atoms with Crippen LogP contribution in [-0.4, -0.2) is 19.1 Å². The number of hydrogen-bond acceptors (Lipinski definition) is 4. The summed E-state index contributed by atoms with van der Waals surface area (Å²) in [5.74, 6) is 0.235. The fraction of sp³-hybridized carbons (Fsp3) is 0.562. The number of nitrogens with two attached hydrogens (primary N) is 1. The second-order valence-electron chi connectivity index (χ2n) is 6.17. The number of nitrogen functional groups attached to an aromatic ring is 1. The highest BCUT2D eigenvalue weighted by molar-refractivity contribution is 5.96. The van der Waals surface area contributed by atoms with Gasteiger partial charge in [-0.05, 0) is 43.2 Å². The van der Waals surface area contributed by atoms with Crippen molar-refractivity contribution < 1.29 is 13.9 Å². The monoisotopic (exact) mass is 294 g/mol. The van der Waals surface area contributed by atoms with Crippen molar-refractivity contribution in [2.75, 3.05) is 18.2 Å². The molecule has 0 heterocycles. The van der Waals surface area contributed by atoms with E-state index in [1.165, 1.54) is 25.7 Å². The summed E-state index contributed by atoms with van der Waals surface area (Å²) >= 11 is 0. The van der Waals surface area contributed by atoms with Crippen molar-refractivity contribution >= 4 is 17.3 Å². The fourth-order valence-electron chi connectivity index (χ4n) is 3.27. The number of rotatable bonds is 3. The molecule has 0 spiro atoms. The maximum atomic E-state index is 14.1. The Labute approximate surface area is 124 Å². The minimum absolute atomic E-state index is 0.0929. The molecule has 2 rings (SSSR count). The van der Waals surface area contributed by atoms with Crippen molar-refractivity contribution in [1.82, 2.24) is 0 Å². The zero-order valence-corrected chi connectivity index (χ0v) is 12.8. The van der Waals surface area contributed by atoms with Crippen LogP contribution in [0.1, 0.15) is 43.5 Å². The number of methoxy groups -OCH3 is 1. The number of ether oxygens (including phenoxy) is 1. The molecule has 2 unspecified atom stereocenters. The molecule has 0 aromatic heterocycles. The van der Waals surface area contributed by atoms with E-state index >= 15 is 0 Å². The summed E-state index contributed by atoms with van der Waals surface area (Å²) in [5.41, 5.74) is 6.28. The van der Waals surface area contributed by atoms with Crippen LogP contribution in [0.15, 0.2) is 12.1 Å². The smallest absolute Gasteiger partial charge is 0.340 e. The Bertz CT molecular complexity index is 523. The summed E-state index contributed by atoms with van der Waals surface area (Å²) in [6, 6.07) is 2.83. The average molecular weight is 294 g/mol. The lowest BCUT2D eigenvalue weighted by molar-refractivity contribution is 0.0602. The molecule has 0 radical (unpaired) electrons. The highest BCUT2D eigenvalue weighted by Crippen LogP contribution is 2.32. The van der Waals surface area contributed by atoms with E-state index in [0.29, 0.717) is 17.5 Å². The van der Waals surface area contributed by atoms with Gasteiger partial charge >= 0.3 is 5.97 Å². The van der Waals surface area contributed by atoms with Gasteiger partial charge in [-0.25, -0.2) is 9.18 Å². The molecule has 1 fully saturated rings. The predicted molar refractivity (Wildman–Crippen MR) is 81.7 cm³/mol. The minimum atomic E-state index is -0.555. The van der Waals surface area contributed by atoms with E-state index < -0.39 is 11.8 Å². The molecule has 5 heteroatoms. The van der Waals surface area contributed by atoms with E-state index in [-0.39, 0.29) is 17.3 Å². The summed E-state index contributed by atoms with van der Waals surface area (Å²) < 4.78 is 18.7. The van der Waals surface area contributed by atoms with Gasteiger partial charge in [0, 0.05) is 11.7 Å². The van der Waals surface area contributed by atoms with Gasteiger partial charge in [0.25, 0.3) is 0 Å². The summed E-state index contributed by atoms with van der Waals surface area (Å²) in [4.78, 5) is 11.6. The first kappa shape index (κ1) is 15.6. The van der Waals surface area contributed by atoms with Gasteiger partial charge in [0.15, 0.2) is 0 Å². The predicted octanol–water partition coefficient (Wildman–Crippen LogP) is 3.43. The van der Waals surface area contributed by atoms with Crippen molar-refractivity contribution in [3.63, 3.8) is 0 Å². The van der Waals surface area contributed by atoms with Crippen LogP contribution in [0.5, 0.6) is 0 Å². The second-order valence-corrected chi connectivity index (χ2v) is 6.17. The molecule has 0 amide bonds. The Balaban J connectivity index is 2.21. The third-order valence-corrected chi connectivity index (χ3v) is 4.08. The van der Waals surface area contributed by atoms with Gasteiger partial charge in [-0.1, -0.05) is 13.8 Å². The van der Waals surface area contributed by atoms with Crippen LogP contribution in [0.4, 0.5) is 15.8 Å². The molecule has 1 aliphatic carbocycles. The summed E-state index contributed by atoms with van der Waals surface area (Å²) in [6.45, 7) is 4.42. The Morgan fingerprint density at radius 2 is 1.90 bits per heavy atom. The van der Waals surface area contributed by atoms with Crippen molar-refractivity contribution in [2.45, 2.75) is 39.2 Å². The van der Waals surface area contributed by atoms with Crippen molar-refractivity contribution in [3.8, 4) is 0 Å². The van der Waals surface area contributed by atoms with E-state index in [0.717, 1.165) is 12.8 Å². The largest absolute Gasteiger partial charge is 0.465 e. The van der Waals surface area contributed by atoms with Crippen LogP contribution in [0.25, 0.3) is 0 Å². The number of carbonyl (C=O) groups is 1. The lowest BCUT2D eigenvalue weighted by atomic mass is 9.80. The highest BCUT2D eigenvalue weighted by atomic mass is 19.1. The molecular formula is C16H23FN2O2. The first-order chi connectivity index (χ1) is 9.90. The Morgan fingerprint density at radius 1 is 1.29 bits per heavy atom. The molecule has 116 valence electrons. The third kappa shape index (κ3) is 3.65. The number of nitrogens with one attached hydrogen (secondary N) is 1. The first-order valence-electron chi connectivity index (χ1n) is 7.34. The molecule has 21 heavy (non-hydrogen) atoms. The van der Waals surface area contributed by atoms with Gasteiger partial charge in [-0.3, -0.25) is 0 Å². The number of benzene rings is 1. The van der Waals surface area contributed by atoms with Crippen molar-refractivity contribution in [1.29, 1.82) is 0 Å². The summed E-state index contributed by atoms with van der Waals surface area (Å²) in [7, 11) is 1.28. The first-order valence-corrected chi connectivity index (χ1v) is 7.34. The topological polar surface area (TPSA) is 64.3 Å². The van der Waals surface area contributed by atoms with Crippen LogP contribution < -0.4 is 11.1 Å². The number of esters is 1. The molecule has 3 N–H and O–H groups in total. The van der Waals surface area contributed by atoms with Crippen LogP contribution in [0, 0.1) is 17.7 Å². The van der Waals surface area contributed by atoms with E-state index in [2.05, 4.69) is 23.9 Å². The number of halogens is 1.